The molecule has 5 rings (SSSR count). The molecule has 0 spiro atoms. The molecular formula is C27H40N12O14P2S2. The van der Waals surface area contributed by atoms with Crippen LogP contribution in [0.2, 0.25) is 0 Å². The van der Waals surface area contributed by atoms with Crippen molar-refractivity contribution in [3.8, 4) is 0 Å². The molecule has 2 aliphatic rings. The topological polar surface area (TPSA) is 393 Å². The summed E-state index contributed by atoms with van der Waals surface area (Å²) in [5.74, 6) is -1.08. The Kier molecular flexibility index (Phi) is 15.0. The fraction of sp³-hybridized carbons (Fsp3) is 0.630. The number of azide groups is 1. The van der Waals surface area contributed by atoms with Crippen LogP contribution in [0.25, 0.3) is 21.6 Å². The van der Waals surface area contributed by atoms with Gasteiger partial charge in [-0.15, -0.1) is 0 Å². The molecule has 0 aromatic carbocycles. The minimum atomic E-state index is -5.18. The first-order valence-electron chi connectivity index (χ1n) is 16.8. The Morgan fingerprint density at radius 1 is 1.12 bits per heavy atom. The predicted octanol–water partition coefficient (Wildman–Crippen LogP) is 0.503. The monoisotopic (exact) mass is 882 g/mol. The number of aliphatic hydroxyl groups is 1. The lowest BCUT2D eigenvalue weighted by Gasteiger charge is -2.25. The highest BCUT2D eigenvalue weighted by Crippen LogP contribution is 2.50. The van der Waals surface area contributed by atoms with Crippen LogP contribution in [-0.4, -0.2) is 122 Å². The van der Waals surface area contributed by atoms with Crippen molar-refractivity contribution in [1.29, 1.82) is 0 Å². The molecule has 3 aromatic heterocycles. The summed E-state index contributed by atoms with van der Waals surface area (Å²) < 4.78 is 59.6. The van der Waals surface area contributed by atoms with E-state index in [4.69, 9.17) is 46.0 Å². The maximum Gasteiger partial charge on any atom is 0.472 e. The number of fused-ring (bicyclic) bond motifs is 1. The summed E-state index contributed by atoms with van der Waals surface area (Å²) in [7, 11) is -7.38. The van der Waals surface area contributed by atoms with E-state index >= 15 is 0 Å². The molecule has 5 unspecified atom stereocenters. The summed E-state index contributed by atoms with van der Waals surface area (Å²) >= 11 is 0. The molecule has 2 aliphatic heterocycles. The second kappa shape index (κ2) is 19.1. The first-order chi connectivity index (χ1) is 26.9. The van der Waals surface area contributed by atoms with Crippen LogP contribution in [-0.2, 0) is 41.7 Å². The zero-order valence-electron chi connectivity index (χ0n) is 30.0. The molecule has 3 aromatic rings. The molecule has 2 saturated heterocycles. The van der Waals surface area contributed by atoms with E-state index in [0.717, 1.165) is 10.9 Å². The van der Waals surface area contributed by atoms with Crippen LogP contribution in [0.5, 0.6) is 0 Å². The Balaban J connectivity index is 1.34. The number of nitrogens with zero attached hydrogens (tertiary/aromatic N) is 9. The Morgan fingerprint density at radius 3 is 2.54 bits per heavy atom. The lowest BCUT2D eigenvalue weighted by Crippen LogP contribution is -2.44. The van der Waals surface area contributed by atoms with Gasteiger partial charge in [0.25, 0.3) is 0 Å². The highest BCUT2D eigenvalue weighted by molar-refractivity contribution is 8.77. The van der Waals surface area contributed by atoms with Crippen molar-refractivity contribution in [3.05, 3.63) is 45.8 Å². The van der Waals surface area contributed by atoms with Crippen LogP contribution in [0, 0.1) is 0 Å². The third-order valence-electron chi connectivity index (χ3n) is 8.19. The number of phosphoric ester groups is 2. The highest BCUT2D eigenvalue weighted by atomic mass is 33.1. The third kappa shape index (κ3) is 11.8. The number of imidazole rings is 1. The van der Waals surface area contributed by atoms with Gasteiger partial charge in [-0.2, -0.15) is 4.98 Å². The van der Waals surface area contributed by atoms with Crippen molar-refractivity contribution < 1.29 is 61.5 Å². The van der Waals surface area contributed by atoms with Gasteiger partial charge >= 0.3 is 27.3 Å². The average molecular weight is 883 g/mol. The van der Waals surface area contributed by atoms with Crippen LogP contribution >= 0.6 is 37.2 Å². The molecule has 57 heavy (non-hydrogen) atoms. The summed E-state index contributed by atoms with van der Waals surface area (Å²) in [5.41, 5.74) is 25.9. The van der Waals surface area contributed by atoms with Crippen LogP contribution in [0.1, 0.15) is 39.1 Å². The molecule has 0 radical (unpaired) electrons. The number of rotatable bonds is 19. The first kappa shape index (κ1) is 44.7. The summed E-state index contributed by atoms with van der Waals surface area (Å²) in [6.45, 7) is 2.23. The molecule has 314 valence electrons. The Labute approximate surface area is 330 Å². The van der Waals surface area contributed by atoms with Gasteiger partial charge < -0.3 is 51.2 Å². The van der Waals surface area contributed by atoms with E-state index in [-0.39, 0.29) is 47.4 Å². The fourth-order valence-corrected chi connectivity index (χ4v) is 9.32. The Morgan fingerprint density at radius 2 is 1.86 bits per heavy atom. The molecule has 0 amide bonds. The van der Waals surface area contributed by atoms with E-state index in [0.29, 0.717) is 0 Å². The standard InChI is InChI=1S/C27H40N12O14P2S2/c1-12(2)56-57-13(7-35-37-31)5-14(28)26(41)52-22-17(51-25(21(22)40)39-11-34-20-23(30)32-10-33-24(20)39)9-49-55(46,47)53-15-6-19(38-4-3-18(29)36-27(38)42)50-16(15)8-48-54(43,44)45/h3-4,10-17,19,21-22,25,40H,5-9,28H2,1-2H3,(H,46,47)(H2,29,36,42)(H2,30,32,33)(H2,43,44,45)/t13?,14?,15-,16+,17+,19?,21+,22+,25?/m0/s1. The second-order valence-corrected chi connectivity index (χ2v) is 18.6. The third-order valence-corrected chi connectivity index (χ3v) is 13.1. The number of hydrogen-bond donors (Lipinski definition) is 7. The van der Waals surface area contributed by atoms with Crippen LogP contribution in [0.15, 0.2) is 34.8 Å². The quantitative estimate of drug-likeness (QED) is 0.0215. The number of anilines is 2. The minimum absolute atomic E-state index is 0.00838. The van der Waals surface area contributed by atoms with Crippen molar-refractivity contribution in [1.82, 2.24) is 29.1 Å². The van der Waals surface area contributed by atoms with E-state index in [1.54, 1.807) is 0 Å². The summed E-state index contributed by atoms with van der Waals surface area (Å²) in [4.78, 5) is 73.8. The second-order valence-electron chi connectivity index (χ2n) is 12.8. The van der Waals surface area contributed by atoms with E-state index in [9.17, 15) is 38.5 Å². The van der Waals surface area contributed by atoms with E-state index in [2.05, 4.69) is 34.5 Å². The van der Waals surface area contributed by atoms with E-state index in [1.807, 2.05) is 13.8 Å². The number of phosphoric acid groups is 2. The smallest absolute Gasteiger partial charge is 0.455 e. The number of esters is 1. The number of carbonyl (C=O) groups is 1. The maximum absolute atomic E-state index is 13.4. The predicted molar refractivity (Wildman–Crippen MR) is 200 cm³/mol. The van der Waals surface area contributed by atoms with E-state index < -0.39 is 94.8 Å². The van der Waals surface area contributed by atoms with Crippen molar-refractivity contribution in [2.75, 3.05) is 31.2 Å². The number of nitrogen functional groups attached to an aromatic ring is 2. The number of ether oxygens (including phenoxy) is 3. The van der Waals surface area contributed by atoms with Gasteiger partial charge in [-0.3, -0.25) is 27.5 Å². The molecular weight excluding hydrogens is 842 g/mol. The van der Waals surface area contributed by atoms with Gasteiger partial charge in [0.1, 0.15) is 54.3 Å². The van der Waals surface area contributed by atoms with Gasteiger partial charge in [0.15, 0.2) is 23.8 Å². The maximum atomic E-state index is 13.4. The zero-order chi connectivity index (χ0) is 41.7. The Bertz CT molecular complexity index is 2090. The number of nitrogens with two attached hydrogens (primary N) is 3. The van der Waals surface area contributed by atoms with Crippen LogP contribution in [0.4, 0.5) is 11.6 Å². The van der Waals surface area contributed by atoms with Crippen molar-refractivity contribution in [2.45, 2.75) is 86.2 Å². The number of aliphatic hydroxyl groups excluding tert-OH is 1. The first-order valence-corrected chi connectivity index (χ1v) is 22.1. The highest BCUT2D eigenvalue weighted by Gasteiger charge is 2.50. The lowest BCUT2D eigenvalue weighted by atomic mass is 10.1. The molecule has 10 atom stereocenters. The van der Waals surface area contributed by atoms with Crippen molar-refractivity contribution in [3.63, 3.8) is 0 Å². The number of aromatic nitrogens is 6. The summed E-state index contributed by atoms with van der Waals surface area (Å²) in [6.07, 6.45) is -6.95. The number of carbonyl (C=O) groups excluding carboxylic acids is 1. The number of hydrogen-bond acceptors (Lipinski definition) is 21. The molecule has 2 fully saturated rings. The van der Waals surface area contributed by atoms with Gasteiger partial charge in [-0.05, 0) is 18.0 Å². The van der Waals surface area contributed by atoms with Gasteiger partial charge in [0, 0.05) is 34.6 Å². The molecule has 0 bridgehead atoms. The summed E-state index contributed by atoms with van der Waals surface area (Å²) in [5, 5.41) is 14.9. The summed E-state index contributed by atoms with van der Waals surface area (Å²) in [6, 6.07) is -0.00194. The van der Waals surface area contributed by atoms with Gasteiger partial charge in [-0.25, -0.2) is 28.9 Å². The molecule has 0 saturated carbocycles. The molecule has 30 heteroatoms. The van der Waals surface area contributed by atoms with Crippen LogP contribution < -0.4 is 22.9 Å². The van der Waals surface area contributed by atoms with Gasteiger partial charge in [-0.1, -0.05) is 40.5 Å². The lowest BCUT2D eigenvalue weighted by molar-refractivity contribution is -0.158. The minimum Gasteiger partial charge on any atom is -0.455 e. The molecule has 26 nitrogen and oxygen atoms in total. The Hall–Kier alpha value is -3.43. The zero-order valence-corrected chi connectivity index (χ0v) is 33.4. The average Bonchev–Trinajstić information content (AvgIpc) is 3.82. The van der Waals surface area contributed by atoms with Crippen LogP contribution in [0.3, 0.4) is 0 Å². The molecule has 0 aliphatic carbocycles. The SMILES string of the molecule is CC(C)SSC(CN=[N+]=[N-])CC(N)C(=O)O[C@@H]1[C@@H](COP(=O)(O)O[C@H]2CC(n3ccc(N)nc3=O)O[C@@H]2COP(=O)(O)O)OC(n2cnc3c(N)ncnc32)[C@@H]1O. The fourth-order valence-electron chi connectivity index (χ4n) is 5.66. The van der Waals surface area contributed by atoms with E-state index in [1.165, 1.54) is 44.7 Å². The van der Waals surface area contributed by atoms with Crippen molar-refractivity contribution in [2.24, 2.45) is 10.8 Å². The molecule has 10 N–H and O–H groups in total. The van der Waals surface area contributed by atoms with Gasteiger partial charge in [0.05, 0.1) is 19.5 Å². The van der Waals surface area contributed by atoms with Crippen molar-refractivity contribution >= 4 is 66.0 Å². The molecule has 5 heterocycles. The largest absolute Gasteiger partial charge is 0.472 e. The normalized spacial score (nSPS) is 25.9. The van der Waals surface area contributed by atoms with Gasteiger partial charge in [0.2, 0.25) is 0 Å².